The topological polar surface area (TPSA) is 86.3 Å². The summed E-state index contributed by atoms with van der Waals surface area (Å²) < 4.78 is 7.47. The summed E-state index contributed by atoms with van der Waals surface area (Å²) in [6.45, 7) is 6.70. The Morgan fingerprint density at radius 2 is 1.97 bits per heavy atom. The largest absolute Gasteiger partial charge is 0.378 e. The lowest BCUT2D eigenvalue weighted by molar-refractivity contribution is -0.114. The number of halogens is 1. The van der Waals surface area contributed by atoms with E-state index in [-0.39, 0.29) is 11.4 Å². The lowest BCUT2D eigenvalue weighted by Gasteiger charge is -2.26. The number of amides is 1. The molecule has 4 heterocycles. The Bertz CT molecular complexity index is 1230. The molecule has 1 N–H and O–H groups in total. The molecule has 32 heavy (non-hydrogen) atoms. The summed E-state index contributed by atoms with van der Waals surface area (Å²) >= 11 is 7.49. The van der Waals surface area contributed by atoms with Gasteiger partial charge in [-0.2, -0.15) is 10.0 Å². The normalized spacial score (nSPS) is 20.0. The zero-order chi connectivity index (χ0) is 22.4. The van der Waals surface area contributed by atoms with Crippen molar-refractivity contribution < 1.29 is 9.53 Å². The molecule has 1 amide bonds. The number of morpholine rings is 1. The van der Waals surface area contributed by atoms with Crippen molar-refractivity contribution >= 4 is 51.5 Å². The van der Waals surface area contributed by atoms with E-state index < -0.39 is 5.91 Å². The summed E-state index contributed by atoms with van der Waals surface area (Å²) in [5.74, 6) is -0.400. The maximum atomic E-state index is 12.8. The first-order valence-electron chi connectivity index (χ1n) is 10.2. The van der Waals surface area contributed by atoms with Crippen LogP contribution >= 0.6 is 23.4 Å². The lowest BCUT2D eigenvalue weighted by Crippen LogP contribution is -2.39. The van der Waals surface area contributed by atoms with Gasteiger partial charge in [0.15, 0.2) is 11.0 Å². The Morgan fingerprint density at radius 1 is 1.19 bits per heavy atom. The second-order valence-corrected chi connectivity index (χ2v) is 9.01. The van der Waals surface area contributed by atoms with E-state index in [1.165, 1.54) is 16.8 Å². The van der Waals surface area contributed by atoms with Crippen LogP contribution in [0, 0.1) is 19.3 Å². The molecular formula is C22H21ClN6O2S. The second-order valence-electron chi connectivity index (χ2n) is 7.64. The van der Waals surface area contributed by atoms with Gasteiger partial charge in [0.1, 0.15) is 0 Å². The molecule has 5 rings (SSSR count). The van der Waals surface area contributed by atoms with Crippen LogP contribution in [0.1, 0.15) is 17.0 Å². The van der Waals surface area contributed by atoms with Gasteiger partial charge in [0.05, 0.1) is 18.8 Å². The molecule has 0 atom stereocenters. The van der Waals surface area contributed by atoms with Crippen molar-refractivity contribution in [3.05, 3.63) is 57.9 Å². The molecule has 0 radical (unpaired) electrons. The first-order valence-corrected chi connectivity index (χ1v) is 11.4. The predicted molar refractivity (Wildman–Crippen MR) is 128 cm³/mol. The second kappa shape index (κ2) is 8.23. The Hall–Kier alpha value is -2.88. The summed E-state index contributed by atoms with van der Waals surface area (Å²) in [6, 6.07) is 9.60. The lowest BCUT2D eigenvalue weighted by atomic mass is 10.1. The van der Waals surface area contributed by atoms with Crippen LogP contribution in [0.15, 0.2) is 46.0 Å². The number of rotatable bonds is 2. The first kappa shape index (κ1) is 21.0. The van der Waals surface area contributed by atoms with Gasteiger partial charge in [0.25, 0.3) is 5.91 Å². The molecule has 0 spiro atoms. The molecule has 0 bridgehead atoms. The third kappa shape index (κ3) is 3.66. The number of nitrogens with one attached hydrogen (secondary N) is 1. The van der Waals surface area contributed by atoms with Crippen LogP contribution < -0.4 is 0 Å². The highest BCUT2D eigenvalue weighted by molar-refractivity contribution is 8.26. The van der Waals surface area contributed by atoms with Crippen molar-refractivity contribution in [3.63, 3.8) is 0 Å². The van der Waals surface area contributed by atoms with E-state index in [2.05, 4.69) is 19.6 Å². The van der Waals surface area contributed by atoms with Crippen molar-refractivity contribution in [2.45, 2.75) is 13.8 Å². The van der Waals surface area contributed by atoms with Crippen molar-refractivity contribution in [3.8, 4) is 5.69 Å². The number of carbonyl (C=O) groups is 1. The van der Waals surface area contributed by atoms with Crippen molar-refractivity contribution in [1.29, 1.82) is 5.41 Å². The number of aliphatic imine (C=N–C) groups is 1. The van der Waals surface area contributed by atoms with Crippen LogP contribution in [0.2, 0.25) is 5.02 Å². The molecule has 3 aliphatic rings. The predicted octanol–water partition coefficient (Wildman–Crippen LogP) is 3.66. The number of thioether (sulfide) groups is 1. The first-order chi connectivity index (χ1) is 15.4. The summed E-state index contributed by atoms with van der Waals surface area (Å²) in [5.41, 5.74) is 3.95. The van der Waals surface area contributed by atoms with Crippen LogP contribution in [0.4, 0.5) is 0 Å². The molecule has 1 aromatic heterocycles. The number of amidine groups is 3. The Kier molecular flexibility index (Phi) is 5.40. The third-order valence-electron chi connectivity index (χ3n) is 5.56. The molecule has 10 heteroatoms. The molecule has 3 aliphatic heterocycles. The van der Waals surface area contributed by atoms with Crippen molar-refractivity contribution in [1.82, 2.24) is 14.5 Å². The van der Waals surface area contributed by atoms with Crippen LogP contribution in [-0.4, -0.2) is 62.9 Å². The number of ether oxygens (including phenoxy) is 1. The average Bonchev–Trinajstić information content (AvgIpc) is 3.32. The zero-order valence-corrected chi connectivity index (χ0v) is 19.2. The minimum Gasteiger partial charge on any atom is -0.378 e. The van der Waals surface area contributed by atoms with Gasteiger partial charge in [0.2, 0.25) is 5.17 Å². The number of hydrazone groups is 1. The molecule has 0 unspecified atom stereocenters. The van der Waals surface area contributed by atoms with E-state index in [0.29, 0.717) is 23.4 Å². The van der Waals surface area contributed by atoms with Crippen LogP contribution in [-0.2, 0) is 9.53 Å². The van der Waals surface area contributed by atoms with E-state index in [1.54, 1.807) is 6.08 Å². The SMILES string of the molecule is Cc1cc(/C=C2\C(=N)N3N=C(N4CCOCC4)SC3=NC2=O)c(C)n1-c1cccc(Cl)c1. The zero-order valence-electron chi connectivity index (χ0n) is 17.6. The van der Waals surface area contributed by atoms with Gasteiger partial charge in [-0.1, -0.05) is 17.7 Å². The fraction of sp³-hybridized carbons (Fsp3) is 0.273. The maximum absolute atomic E-state index is 12.8. The van der Waals surface area contributed by atoms with E-state index >= 15 is 0 Å². The standard InChI is InChI=1S/C22H21ClN6O2S/c1-13-10-15(14(2)28(13)17-5-3-4-16(23)12-17)11-18-19(24)29-21(25-20(18)30)32-22(26-29)27-6-8-31-9-7-27/h3-5,10-12,24H,6-9H2,1-2H3/b18-11+,24-19?. The van der Waals surface area contributed by atoms with E-state index in [0.717, 1.165) is 40.9 Å². The number of hydrogen-bond donors (Lipinski definition) is 1. The Labute approximate surface area is 194 Å². The third-order valence-corrected chi connectivity index (χ3v) is 6.77. The highest BCUT2D eigenvalue weighted by atomic mass is 35.5. The molecule has 8 nitrogen and oxygen atoms in total. The summed E-state index contributed by atoms with van der Waals surface area (Å²) in [5, 5.41) is 16.5. The minimum atomic E-state index is -0.431. The summed E-state index contributed by atoms with van der Waals surface area (Å²) in [4.78, 5) is 19.1. The molecule has 1 aromatic carbocycles. The maximum Gasteiger partial charge on any atom is 0.283 e. The van der Waals surface area contributed by atoms with Crippen LogP contribution in [0.5, 0.6) is 0 Å². The molecular weight excluding hydrogens is 448 g/mol. The molecule has 2 aromatic rings. The molecule has 1 saturated heterocycles. The number of hydrogen-bond acceptors (Lipinski definition) is 6. The number of fused-ring (bicyclic) bond motifs is 1. The number of nitrogens with zero attached hydrogens (tertiary/aromatic N) is 5. The number of aromatic nitrogens is 1. The van der Waals surface area contributed by atoms with Gasteiger partial charge < -0.3 is 14.2 Å². The van der Waals surface area contributed by atoms with E-state index in [1.807, 2.05) is 44.2 Å². The molecule has 1 fully saturated rings. The van der Waals surface area contributed by atoms with Gasteiger partial charge in [-0.05, 0) is 61.5 Å². The molecule has 0 aliphatic carbocycles. The number of benzene rings is 1. The van der Waals surface area contributed by atoms with E-state index in [9.17, 15) is 4.79 Å². The Balaban J connectivity index is 1.48. The summed E-state index contributed by atoms with van der Waals surface area (Å²) in [6.07, 6.45) is 1.72. The Morgan fingerprint density at radius 3 is 2.72 bits per heavy atom. The fourth-order valence-electron chi connectivity index (χ4n) is 3.97. The number of aryl methyl sites for hydroxylation is 1. The molecule has 164 valence electrons. The van der Waals surface area contributed by atoms with E-state index in [4.69, 9.17) is 21.7 Å². The van der Waals surface area contributed by atoms with Gasteiger partial charge in [-0.3, -0.25) is 10.2 Å². The average molecular weight is 469 g/mol. The monoisotopic (exact) mass is 468 g/mol. The summed E-state index contributed by atoms with van der Waals surface area (Å²) in [7, 11) is 0. The van der Waals surface area contributed by atoms with Gasteiger partial charge in [-0.15, -0.1) is 5.10 Å². The molecule has 0 saturated carbocycles. The quantitative estimate of drug-likeness (QED) is 0.680. The van der Waals surface area contributed by atoms with Crippen LogP contribution in [0.3, 0.4) is 0 Å². The minimum absolute atomic E-state index is 0.0309. The highest BCUT2D eigenvalue weighted by Crippen LogP contribution is 2.31. The van der Waals surface area contributed by atoms with Crippen LogP contribution in [0.25, 0.3) is 11.8 Å². The fourth-order valence-corrected chi connectivity index (χ4v) is 5.10. The van der Waals surface area contributed by atoms with Crippen molar-refractivity contribution in [2.75, 3.05) is 26.3 Å². The van der Waals surface area contributed by atoms with Gasteiger partial charge >= 0.3 is 0 Å². The number of carbonyl (C=O) groups excluding carboxylic acids is 1. The van der Waals surface area contributed by atoms with Gasteiger partial charge in [0, 0.05) is 35.2 Å². The smallest absolute Gasteiger partial charge is 0.283 e. The van der Waals surface area contributed by atoms with Gasteiger partial charge in [-0.25, -0.2) is 0 Å². The van der Waals surface area contributed by atoms with Crippen molar-refractivity contribution in [2.24, 2.45) is 10.1 Å². The highest BCUT2D eigenvalue weighted by Gasteiger charge is 2.37.